The van der Waals surface area contributed by atoms with Gasteiger partial charge >= 0.3 is 0 Å². The smallest absolute Gasteiger partial charge is 0.126 e. The molecule has 1 aromatic carbocycles. The predicted molar refractivity (Wildman–Crippen MR) is 52.7 cm³/mol. The van der Waals surface area contributed by atoms with Gasteiger partial charge in [-0.15, -0.1) is 0 Å². The summed E-state index contributed by atoms with van der Waals surface area (Å²) in [5, 5.41) is 3.33. The van der Waals surface area contributed by atoms with Gasteiger partial charge in [0.05, 0.1) is 19.3 Å². The van der Waals surface area contributed by atoms with Gasteiger partial charge < -0.3 is 10.1 Å². The van der Waals surface area contributed by atoms with E-state index in [-0.39, 0.29) is 11.9 Å². The highest BCUT2D eigenvalue weighted by atomic mass is 19.1. The Bertz CT molecular complexity index is 321. The Morgan fingerprint density at radius 1 is 1.50 bits per heavy atom. The van der Waals surface area contributed by atoms with E-state index in [9.17, 15) is 4.39 Å². The molecule has 1 atom stereocenters. The molecule has 14 heavy (non-hydrogen) atoms. The number of hydrogen-bond acceptors (Lipinski definition) is 2. The van der Waals surface area contributed by atoms with Gasteiger partial charge in [-0.2, -0.15) is 0 Å². The monoisotopic (exact) mass is 195 g/mol. The molecule has 0 amide bonds. The molecule has 2 rings (SSSR count). The Hall–Kier alpha value is -0.930. The summed E-state index contributed by atoms with van der Waals surface area (Å²) < 4.78 is 18.4. The molecule has 0 saturated carbocycles. The summed E-state index contributed by atoms with van der Waals surface area (Å²) in [5.74, 6) is -0.148. The first kappa shape index (κ1) is 9.62. The molecule has 76 valence electrons. The third kappa shape index (κ3) is 1.94. The molecule has 0 aliphatic carbocycles. The minimum atomic E-state index is -0.148. The lowest BCUT2D eigenvalue weighted by atomic mass is 10.0. The van der Waals surface area contributed by atoms with Gasteiger partial charge in [-0.25, -0.2) is 4.39 Å². The average molecular weight is 195 g/mol. The van der Waals surface area contributed by atoms with E-state index in [2.05, 4.69) is 5.32 Å². The summed E-state index contributed by atoms with van der Waals surface area (Å²) in [4.78, 5) is 0. The van der Waals surface area contributed by atoms with Crippen LogP contribution in [0, 0.1) is 12.7 Å². The lowest BCUT2D eigenvalue weighted by molar-refractivity contribution is 0.0768. The average Bonchev–Trinajstić information content (AvgIpc) is 2.23. The third-order valence-corrected chi connectivity index (χ3v) is 2.51. The van der Waals surface area contributed by atoms with E-state index in [1.807, 2.05) is 12.1 Å². The lowest BCUT2D eigenvalue weighted by Gasteiger charge is -2.24. The van der Waals surface area contributed by atoms with E-state index in [0.717, 1.165) is 18.7 Å². The number of benzene rings is 1. The maximum absolute atomic E-state index is 13.0. The highest BCUT2D eigenvalue weighted by molar-refractivity contribution is 5.26. The van der Waals surface area contributed by atoms with Gasteiger partial charge in [0.15, 0.2) is 0 Å². The molecule has 1 saturated heterocycles. The van der Waals surface area contributed by atoms with Gasteiger partial charge in [-0.3, -0.25) is 0 Å². The summed E-state index contributed by atoms with van der Waals surface area (Å²) in [5.41, 5.74) is 1.79. The van der Waals surface area contributed by atoms with Crippen molar-refractivity contribution in [3.05, 3.63) is 35.1 Å². The Morgan fingerprint density at radius 3 is 3.00 bits per heavy atom. The van der Waals surface area contributed by atoms with Crippen molar-refractivity contribution >= 4 is 0 Å². The molecule has 2 nitrogen and oxygen atoms in total. The molecular formula is C11H14FNO. The lowest BCUT2D eigenvalue weighted by Crippen LogP contribution is -2.34. The zero-order chi connectivity index (χ0) is 9.97. The van der Waals surface area contributed by atoms with Crippen molar-refractivity contribution in [1.82, 2.24) is 5.32 Å². The summed E-state index contributed by atoms with van der Waals surface area (Å²) in [6.07, 6.45) is 0. The zero-order valence-corrected chi connectivity index (χ0v) is 8.22. The fraction of sp³-hybridized carbons (Fsp3) is 0.455. The van der Waals surface area contributed by atoms with Gasteiger partial charge in [0.2, 0.25) is 0 Å². The van der Waals surface area contributed by atoms with E-state index in [1.165, 1.54) is 6.07 Å². The first-order valence-corrected chi connectivity index (χ1v) is 4.84. The largest absolute Gasteiger partial charge is 0.378 e. The number of hydrogen-bond donors (Lipinski definition) is 1. The summed E-state index contributed by atoms with van der Waals surface area (Å²) in [7, 11) is 0. The van der Waals surface area contributed by atoms with Crippen LogP contribution in [0.4, 0.5) is 4.39 Å². The van der Waals surface area contributed by atoms with Gasteiger partial charge in [0, 0.05) is 6.54 Å². The minimum absolute atomic E-state index is 0.148. The summed E-state index contributed by atoms with van der Waals surface area (Å²) in [6, 6.07) is 5.42. The second-order valence-corrected chi connectivity index (χ2v) is 3.59. The standard InChI is InChI=1S/C11H14FNO/c1-8-6-9(2-3-10(8)12)11-7-14-5-4-13-11/h2-3,6,11,13H,4-5,7H2,1H3. The predicted octanol–water partition coefficient (Wildman–Crippen LogP) is 1.80. The molecule has 1 aromatic rings. The van der Waals surface area contributed by atoms with Crippen LogP contribution in [0.5, 0.6) is 0 Å². The van der Waals surface area contributed by atoms with E-state index >= 15 is 0 Å². The highest BCUT2D eigenvalue weighted by Gasteiger charge is 2.15. The molecule has 1 aliphatic heterocycles. The van der Waals surface area contributed by atoms with E-state index < -0.39 is 0 Å². The minimum Gasteiger partial charge on any atom is -0.378 e. The first-order chi connectivity index (χ1) is 6.77. The molecule has 1 N–H and O–H groups in total. The van der Waals surface area contributed by atoms with E-state index in [1.54, 1.807) is 6.92 Å². The van der Waals surface area contributed by atoms with Gasteiger partial charge in [-0.1, -0.05) is 12.1 Å². The molecule has 0 spiro atoms. The van der Waals surface area contributed by atoms with Crippen molar-refractivity contribution < 1.29 is 9.13 Å². The summed E-state index contributed by atoms with van der Waals surface area (Å²) in [6.45, 7) is 4.07. The molecule has 1 aliphatic rings. The van der Waals surface area contributed by atoms with Crippen LogP contribution in [-0.4, -0.2) is 19.8 Å². The number of rotatable bonds is 1. The van der Waals surface area contributed by atoms with Gasteiger partial charge in [-0.05, 0) is 24.1 Å². The zero-order valence-electron chi connectivity index (χ0n) is 8.22. The molecular weight excluding hydrogens is 181 g/mol. The van der Waals surface area contributed by atoms with Crippen LogP contribution in [0.3, 0.4) is 0 Å². The molecule has 1 unspecified atom stereocenters. The van der Waals surface area contributed by atoms with Gasteiger partial charge in [0.1, 0.15) is 5.82 Å². The number of morpholine rings is 1. The molecule has 0 aromatic heterocycles. The van der Waals surface area contributed by atoms with Crippen LogP contribution < -0.4 is 5.32 Å². The van der Waals surface area contributed by atoms with E-state index in [4.69, 9.17) is 4.74 Å². The second kappa shape index (κ2) is 4.07. The van der Waals surface area contributed by atoms with Crippen LogP contribution in [0.1, 0.15) is 17.2 Å². The topological polar surface area (TPSA) is 21.3 Å². The maximum Gasteiger partial charge on any atom is 0.126 e. The summed E-state index contributed by atoms with van der Waals surface area (Å²) >= 11 is 0. The molecule has 3 heteroatoms. The van der Waals surface area contributed by atoms with Crippen LogP contribution in [-0.2, 0) is 4.74 Å². The van der Waals surface area contributed by atoms with E-state index in [0.29, 0.717) is 12.2 Å². The number of halogens is 1. The third-order valence-electron chi connectivity index (χ3n) is 2.51. The van der Waals surface area contributed by atoms with Crippen LogP contribution >= 0.6 is 0 Å². The molecule has 0 bridgehead atoms. The molecule has 1 fully saturated rings. The second-order valence-electron chi connectivity index (χ2n) is 3.59. The van der Waals surface area contributed by atoms with Crippen molar-refractivity contribution in [2.75, 3.05) is 19.8 Å². The highest BCUT2D eigenvalue weighted by Crippen LogP contribution is 2.18. The first-order valence-electron chi connectivity index (χ1n) is 4.84. The van der Waals surface area contributed by atoms with Crippen molar-refractivity contribution in [3.8, 4) is 0 Å². The van der Waals surface area contributed by atoms with Crippen LogP contribution in [0.2, 0.25) is 0 Å². The van der Waals surface area contributed by atoms with Crippen molar-refractivity contribution in [3.63, 3.8) is 0 Å². The number of nitrogens with one attached hydrogen (secondary N) is 1. The van der Waals surface area contributed by atoms with Gasteiger partial charge in [0.25, 0.3) is 0 Å². The van der Waals surface area contributed by atoms with Crippen LogP contribution in [0.25, 0.3) is 0 Å². The van der Waals surface area contributed by atoms with Crippen molar-refractivity contribution in [2.45, 2.75) is 13.0 Å². The Morgan fingerprint density at radius 2 is 2.36 bits per heavy atom. The maximum atomic E-state index is 13.0. The Kier molecular flexibility index (Phi) is 2.79. The Labute approximate surface area is 83.1 Å². The fourth-order valence-corrected chi connectivity index (χ4v) is 1.66. The number of ether oxygens (including phenoxy) is 1. The quantitative estimate of drug-likeness (QED) is 0.737. The van der Waals surface area contributed by atoms with Crippen molar-refractivity contribution in [2.24, 2.45) is 0 Å². The Balaban J connectivity index is 2.18. The fourth-order valence-electron chi connectivity index (χ4n) is 1.66. The number of aryl methyl sites for hydroxylation is 1. The normalized spacial score (nSPS) is 22.3. The molecule has 1 heterocycles. The van der Waals surface area contributed by atoms with Crippen molar-refractivity contribution in [1.29, 1.82) is 0 Å². The van der Waals surface area contributed by atoms with Crippen LogP contribution in [0.15, 0.2) is 18.2 Å². The SMILES string of the molecule is Cc1cc(C2COCCN2)ccc1F. The molecule has 0 radical (unpaired) electrons.